The SMILES string of the molecule is C[C@H](OC(=O)c1ccc(-n2cncn2)nc1)c1nnc(-c2ccccc2)o1. The second kappa shape index (κ2) is 7.16. The van der Waals surface area contributed by atoms with Crippen molar-refractivity contribution in [2.45, 2.75) is 13.0 Å². The molecule has 0 aliphatic carbocycles. The van der Waals surface area contributed by atoms with E-state index >= 15 is 0 Å². The van der Waals surface area contributed by atoms with Gasteiger partial charge in [-0.2, -0.15) is 5.10 Å². The van der Waals surface area contributed by atoms with Crippen LogP contribution in [0.5, 0.6) is 0 Å². The topological polar surface area (TPSA) is 109 Å². The first-order valence-electron chi connectivity index (χ1n) is 8.11. The maximum atomic E-state index is 12.3. The maximum Gasteiger partial charge on any atom is 0.340 e. The quantitative estimate of drug-likeness (QED) is 0.498. The Morgan fingerprint density at radius 1 is 1.15 bits per heavy atom. The van der Waals surface area contributed by atoms with Gasteiger partial charge in [0.1, 0.15) is 12.7 Å². The fourth-order valence-corrected chi connectivity index (χ4v) is 2.34. The molecule has 0 amide bonds. The Kier molecular flexibility index (Phi) is 4.40. The van der Waals surface area contributed by atoms with Crippen molar-refractivity contribution in [2.24, 2.45) is 0 Å². The average Bonchev–Trinajstić information content (AvgIpc) is 3.41. The number of benzene rings is 1. The number of esters is 1. The van der Waals surface area contributed by atoms with E-state index in [9.17, 15) is 4.79 Å². The Balaban J connectivity index is 1.44. The van der Waals surface area contributed by atoms with Crippen LogP contribution in [-0.2, 0) is 4.74 Å². The van der Waals surface area contributed by atoms with Crippen LogP contribution in [0.25, 0.3) is 17.3 Å². The summed E-state index contributed by atoms with van der Waals surface area (Å²) in [6.45, 7) is 1.66. The molecule has 27 heavy (non-hydrogen) atoms. The van der Waals surface area contributed by atoms with Gasteiger partial charge in [-0.1, -0.05) is 18.2 Å². The fourth-order valence-electron chi connectivity index (χ4n) is 2.34. The predicted molar refractivity (Wildman–Crippen MR) is 92.7 cm³/mol. The Morgan fingerprint density at radius 2 is 2.00 bits per heavy atom. The highest BCUT2D eigenvalue weighted by atomic mass is 16.6. The van der Waals surface area contributed by atoms with Gasteiger partial charge in [0.15, 0.2) is 11.9 Å². The molecule has 0 aliphatic rings. The van der Waals surface area contributed by atoms with Crippen molar-refractivity contribution in [3.05, 3.63) is 72.8 Å². The second-order valence-electron chi connectivity index (χ2n) is 5.60. The Bertz CT molecular complexity index is 1030. The van der Waals surface area contributed by atoms with E-state index in [-0.39, 0.29) is 5.89 Å². The largest absolute Gasteiger partial charge is 0.449 e. The summed E-state index contributed by atoms with van der Waals surface area (Å²) in [6.07, 6.45) is 3.63. The summed E-state index contributed by atoms with van der Waals surface area (Å²) in [5.41, 5.74) is 1.09. The molecule has 1 atom stereocenters. The predicted octanol–water partition coefficient (Wildman–Crippen LogP) is 2.63. The molecule has 4 aromatic rings. The zero-order valence-electron chi connectivity index (χ0n) is 14.3. The summed E-state index contributed by atoms with van der Waals surface area (Å²) in [5.74, 6) is 0.586. The molecule has 0 saturated carbocycles. The van der Waals surface area contributed by atoms with Crippen LogP contribution in [0.2, 0.25) is 0 Å². The number of pyridine rings is 1. The average molecular weight is 362 g/mol. The number of hydrogen-bond acceptors (Lipinski definition) is 8. The van der Waals surface area contributed by atoms with Crippen LogP contribution in [-0.4, -0.2) is 35.9 Å². The van der Waals surface area contributed by atoms with Gasteiger partial charge in [-0.05, 0) is 31.2 Å². The lowest BCUT2D eigenvalue weighted by atomic mass is 10.2. The zero-order valence-corrected chi connectivity index (χ0v) is 14.3. The lowest BCUT2D eigenvalue weighted by molar-refractivity contribution is 0.0279. The zero-order chi connectivity index (χ0) is 18.6. The molecule has 0 radical (unpaired) electrons. The van der Waals surface area contributed by atoms with Crippen molar-refractivity contribution in [1.29, 1.82) is 0 Å². The molecule has 0 unspecified atom stereocenters. The first kappa shape index (κ1) is 16.6. The van der Waals surface area contributed by atoms with E-state index in [2.05, 4.69) is 25.3 Å². The van der Waals surface area contributed by atoms with E-state index in [4.69, 9.17) is 9.15 Å². The molecule has 9 heteroatoms. The monoisotopic (exact) mass is 362 g/mol. The number of aromatic nitrogens is 6. The standard InChI is InChI=1S/C18H14N6O3/c1-12(16-22-23-17(27-16)13-5-3-2-4-6-13)26-18(25)14-7-8-15(20-9-14)24-11-19-10-21-24/h2-12H,1H3/t12-/m0/s1. The number of rotatable bonds is 5. The highest BCUT2D eigenvalue weighted by molar-refractivity contribution is 5.89. The summed E-state index contributed by atoms with van der Waals surface area (Å²) in [7, 11) is 0. The first-order valence-corrected chi connectivity index (χ1v) is 8.11. The van der Waals surface area contributed by atoms with Gasteiger partial charge < -0.3 is 9.15 Å². The van der Waals surface area contributed by atoms with E-state index < -0.39 is 12.1 Å². The van der Waals surface area contributed by atoms with Crippen molar-refractivity contribution in [3.63, 3.8) is 0 Å². The van der Waals surface area contributed by atoms with Gasteiger partial charge in [0.25, 0.3) is 5.89 Å². The van der Waals surface area contributed by atoms with E-state index in [1.54, 1.807) is 19.1 Å². The van der Waals surface area contributed by atoms with Crippen LogP contribution < -0.4 is 0 Å². The van der Waals surface area contributed by atoms with Crippen LogP contribution in [0.15, 0.2) is 65.7 Å². The third-order valence-corrected chi connectivity index (χ3v) is 3.73. The molecule has 0 spiro atoms. The summed E-state index contributed by atoms with van der Waals surface area (Å²) in [5, 5.41) is 11.9. The van der Waals surface area contributed by atoms with Gasteiger partial charge in [0, 0.05) is 11.8 Å². The number of ether oxygens (including phenoxy) is 1. The molecule has 0 N–H and O–H groups in total. The minimum absolute atomic E-state index is 0.217. The van der Waals surface area contributed by atoms with Gasteiger partial charge in [0.2, 0.25) is 5.89 Å². The van der Waals surface area contributed by atoms with Gasteiger partial charge >= 0.3 is 5.97 Å². The lowest BCUT2D eigenvalue weighted by Gasteiger charge is -2.09. The Labute approximate surface area is 153 Å². The summed E-state index contributed by atoms with van der Waals surface area (Å²) in [6, 6.07) is 12.6. The van der Waals surface area contributed by atoms with E-state index in [0.29, 0.717) is 17.3 Å². The highest BCUT2D eigenvalue weighted by Crippen LogP contribution is 2.22. The minimum atomic E-state index is -0.697. The van der Waals surface area contributed by atoms with Crippen LogP contribution >= 0.6 is 0 Å². The van der Waals surface area contributed by atoms with E-state index in [1.807, 2.05) is 30.3 Å². The number of hydrogen-bond donors (Lipinski definition) is 0. The van der Waals surface area contributed by atoms with E-state index in [0.717, 1.165) is 5.56 Å². The van der Waals surface area contributed by atoms with Crippen LogP contribution in [0.4, 0.5) is 0 Å². The lowest BCUT2D eigenvalue weighted by Crippen LogP contribution is -2.10. The molecular weight excluding hydrogens is 348 g/mol. The van der Waals surface area contributed by atoms with Crippen molar-refractivity contribution in [3.8, 4) is 17.3 Å². The molecule has 4 rings (SSSR count). The molecule has 134 valence electrons. The molecule has 0 bridgehead atoms. The first-order chi connectivity index (χ1) is 13.2. The highest BCUT2D eigenvalue weighted by Gasteiger charge is 2.20. The van der Waals surface area contributed by atoms with Crippen molar-refractivity contribution in [1.82, 2.24) is 29.9 Å². The molecule has 0 saturated heterocycles. The molecule has 9 nitrogen and oxygen atoms in total. The Morgan fingerprint density at radius 3 is 2.70 bits per heavy atom. The van der Waals surface area contributed by atoms with Gasteiger partial charge in [-0.15, -0.1) is 10.2 Å². The minimum Gasteiger partial charge on any atom is -0.449 e. The van der Waals surface area contributed by atoms with E-state index in [1.165, 1.54) is 23.5 Å². The van der Waals surface area contributed by atoms with Crippen molar-refractivity contribution < 1.29 is 13.9 Å². The number of carbonyl (C=O) groups excluding carboxylic acids is 1. The third-order valence-electron chi connectivity index (χ3n) is 3.73. The normalized spacial score (nSPS) is 11.9. The maximum absolute atomic E-state index is 12.3. The van der Waals surface area contributed by atoms with Crippen LogP contribution in [0.1, 0.15) is 29.3 Å². The molecule has 3 aromatic heterocycles. The Hall–Kier alpha value is -3.88. The summed E-state index contributed by atoms with van der Waals surface area (Å²) >= 11 is 0. The molecular formula is C18H14N6O3. The molecule has 3 heterocycles. The smallest absolute Gasteiger partial charge is 0.340 e. The fraction of sp³-hybridized carbons (Fsp3) is 0.111. The molecule has 0 fully saturated rings. The van der Waals surface area contributed by atoms with Gasteiger partial charge in [-0.3, -0.25) is 0 Å². The molecule has 0 aliphatic heterocycles. The molecule has 1 aromatic carbocycles. The van der Waals surface area contributed by atoms with Crippen LogP contribution in [0, 0.1) is 0 Å². The van der Waals surface area contributed by atoms with Gasteiger partial charge in [0.05, 0.1) is 5.56 Å². The third kappa shape index (κ3) is 3.56. The summed E-state index contributed by atoms with van der Waals surface area (Å²) in [4.78, 5) is 20.3. The number of carbonyl (C=O) groups is 1. The van der Waals surface area contributed by atoms with Crippen LogP contribution in [0.3, 0.4) is 0 Å². The summed E-state index contributed by atoms with van der Waals surface area (Å²) < 4.78 is 12.5. The van der Waals surface area contributed by atoms with Crippen molar-refractivity contribution in [2.75, 3.05) is 0 Å². The van der Waals surface area contributed by atoms with Gasteiger partial charge in [-0.25, -0.2) is 19.4 Å². The second-order valence-corrected chi connectivity index (χ2v) is 5.60. The van der Waals surface area contributed by atoms with Crippen molar-refractivity contribution >= 4 is 5.97 Å². The number of nitrogens with zero attached hydrogens (tertiary/aromatic N) is 6.